The van der Waals surface area contributed by atoms with Gasteiger partial charge in [0.1, 0.15) is 0 Å². The molecule has 2 aliphatic rings. The highest BCUT2D eigenvalue weighted by Crippen LogP contribution is 2.37. The quantitative estimate of drug-likeness (QED) is 0.749. The molecule has 2 aliphatic carbocycles. The predicted molar refractivity (Wildman–Crippen MR) is 76.0 cm³/mol. The third-order valence-corrected chi connectivity index (χ3v) is 5.34. The minimum atomic E-state index is 0.331. The monoisotopic (exact) mass is 302 g/mol. The number of aromatic nitrogens is 2. The molecule has 0 N–H and O–H groups in total. The molecule has 1 aromatic rings. The second-order valence-corrected chi connectivity index (χ2v) is 7.11. The molecule has 1 heterocycles. The van der Waals surface area contributed by atoms with Crippen LogP contribution in [0.1, 0.15) is 75.0 Å². The van der Waals surface area contributed by atoms with Crippen LogP contribution < -0.4 is 0 Å². The first-order chi connectivity index (χ1) is 9.22. The number of hydrogen-bond acceptors (Lipinski definition) is 3. The fraction of sp³-hybridized carbons (Fsp3) is 0.857. The first-order valence-electron chi connectivity index (χ1n) is 7.34. The summed E-state index contributed by atoms with van der Waals surface area (Å²) in [5.41, 5.74) is 0. The zero-order valence-corrected chi connectivity index (χ0v) is 12.5. The first-order valence-corrected chi connectivity index (χ1v) is 8.21. The van der Waals surface area contributed by atoms with Gasteiger partial charge in [-0.2, -0.15) is 0 Å². The van der Waals surface area contributed by atoms with Gasteiger partial charge in [-0.3, -0.25) is 0 Å². The highest BCUT2D eigenvalue weighted by atomic mass is 35.5. The van der Waals surface area contributed by atoms with Crippen LogP contribution in [0.5, 0.6) is 0 Å². The zero-order valence-electron chi connectivity index (χ0n) is 11.0. The van der Waals surface area contributed by atoms with Gasteiger partial charge in [0.05, 0.1) is 0 Å². The van der Waals surface area contributed by atoms with Crippen molar-refractivity contribution >= 4 is 23.2 Å². The summed E-state index contributed by atoms with van der Waals surface area (Å²) in [5, 5.41) is 9.20. The van der Waals surface area contributed by atoms with Gasteiger partial charge in [0.15, 0.2) is 0 Å². The summed E-state index contributed by atoms with van der Waals surface area (Å²) in [6.07, 6.45) is 8.52. The minimum absolute atomic E-state index is 0.331. The summed E-state index contributed by atoms with van der Waals surface area (Å²) >= 11 is 12.3. The Morgan fingerprint density at radius 3 is 1.42 bits per heavy atom. The maximum Gasteiger partial charge on any atom is 0.219 e. The molecule has 3 rings (SSSR count). The number of halogens is 2. The number of rotatable bonds is 2. The van der Waals surface area contributed by atoms with Crippen LogP contribution in [0.3, 0.4) is 0 Å². The smallest absolute Gasteiger partial charge is 0.219 e. The molecule has 19 heavy (non-hydrogen) atoms. The largest absolute Gasteiger partial charge is 0.425 e. The molecule has 5 heteroatoms. The van der Waals surface area contributed by atoms with E-state index in [2.05, 4.69) is 10.2 Å². The summed E-state index contributed by atoms with van der Waals surface area (Å²) < 4.78 is 5.92. The maximum absolute atomic E-state index is 6.13. The standard InChI is InChI=1S/C14H20Cl2N2O/c15-11-5-1-9(2-6-11)13-17-18-14(19-13)10-3-7-12(16)8-4-10/h9-12H,1-8H2. The van der Waals surface area contributed by atoms with Gasteiger partial charge in [-0.15, -0.1) is 33.4 Å². The Hall–Kier alpha value is -0.280. The normalized spacial score (nSPS) is 36.3. The van der Waals surface area contributed by atoms with Crippen LogP contribution >= 0.6 is 23.2 Å². The highest BCUT2D eigenvalue weighted by Gasteiger charge is 2.28. The molecular formula is C14H20Cl2N2O. The summed E-state index contributed by atoms with van der Waals surface area (Å²) in [6, 6.07) is 0. The lowest BCUT2D eigenvalue weighted by molar-refractivity contribution is 0.321. The molecule has 0 unspecified atom stereocenters. The van der Waals surface area contributed by atoms with Gasteiger partial charge in [0.2, 0.25) is 11.8 Å². The van der Waals surface area contributed by atoms with Crippen LogP contribution in [-0.2, 0) is 0 Å². The number of hydrogen-bond donors (Lipinski definition) is 0. The van der Waals surface area contributed by atoms with Gasteiger partial charge in [-0.1, -0.05) is 0 Å². The second-order valence-electron chi connectivity index (χ2n) is 5.88. The molecule has 0 amide bonds. The van der Waals surface area contributed by atoms with E-state index in [0.29, 0.717) is 22.6 Å². The number of alkyl halides is 2. The van der Waals surface area contributed by atoms with E-state index in [1.165, 1.54) is 0 Å². The van der Waals surface area contributed by atoms with E-state index in [9.17, 15) is 0 Å². The summed E-state index contributed by atoms with van der Waals surface area (Å²) in [4.78, 5) is 0. The topological polar surface area (TPSA) is 38.9 Å². The van der Waals surface area contributed by atoms with Crippen molar-refractivity contribution in [1.82, 2.24) is 10.2 Å². The molecule has 2 fully saturated rings. The maximum atomic E-state index is 6.13. The van der Waals surface area contributed by atoms with Gasteiger partial charge in [0.25, 0.3) is 0 Å². The molecule has 0 spiro atoms. The van der Waals surface area contributed by atoms with E-state index < -0.39 is 0 Å². The predicted octanol–water partition coefficient (Wildman–Crippen LogP) is 4.60. The molecule has 0 aromatic carbocycles. The number of nitrogens with zero attached hydrogens (tertiary/aromatic N) is 2. The van der Waals surface area contributed by atoms with E-state index >= 15 is 0 Å². The molecular weight excluding hydrogens is 283 g/mol. The van der Waals surface area contributed by atoms with E-state index in [0.717, 1.165) is 63.1 Å². The van der Waals surface area contributed by atoms with Gasteiger partial charge in [-0.25, -0.2) is 0 Å². The van der Waals surface area contributed by atoms with Gasteiger partial charge in [0, 0.05) is 22.6 Å². The molecule has 3 nitrogen and oxygen atoms in total. The van der Waals surface area contributed by atoms with Crippen molar-refractivity contribution in [3.8, 4) is 0 Å². The van der Waals surface area contributed by atoms with E-state index in [1.54, 1.807) is 0 Å². The van der Waals surface area contributed by atoms with Gasteiger partial charge in [-0.05, 0) is 51.4 Å². The van der Waals surface area contributed by atoms with Crippen molar-refractivity contribution in [2.45, 2.75) is 74.0 Å². The van der Waals surface area contributed by atoms with Crippen LogP contribution in [-0.4, -0.2) is 21.0 Å². The lowest BCUT2D eigenvalue weighted by Crippen LogP contribution is -2.13. The Kier molecular flexibility index (Phi) is 4.33. The summed E-state index contributed by atoms with van der Waals surface area (Å²) in [7, 11) is 0. The summed E-state index contributed by atoms with van der Waals surface area (Å²) in [6.45, 7) is 0. The van der Waals surface area contributed by atoms with Crippen LogP contribution in [0.15, 0.2) is 4.42 Å². The SMILES string of the molecule is ClC1CCC(c2nnc(C3CCC(Cl)CC3)o2)CC1. The summed E-state index contributed by atoms with van der Waals surface area (Å²) in [5.74, 6) is 2.49. The Balaban J connectivity index is 1.63. The highest BCUT2D eigenvalue weighted by molar-refractivity contribution is 6.20. The third kappa shape index (κ3) is 3.25. The molecule has 0 radical (unpaired) electrons. The molecule has 2 saturated carbocycles. The van der Waals surface area contributed by atoms with Crippen LogP contribution in [0.4, 0.5) is 0 Å². The Labute approximate surface area is 124 Å². The Bertz CT molecular complexity index is 371. The van der Waals surface area contributed by atoms with Crippen LogP contribution in [0.25, 0.3) is 0 Å². The van der Waals surface area contributed by atoms with Crippen LogP contribution in [0, 0.1) is 0 Å². The van der Waals surface area contributed by atoms with Crippen molar-refractivity contribution in [2.75, 3.05) is 0 Å². The molecule has 1 aromatic heterocycles. The van der Waals surface area contributed by atoms with E-state index in [4.69, 9.17) is 27.6 Å². The van der Waals surface area contributed by atoms with Crippen molar-refractivity contribution in [2.24, 2.45) is 0 Å². The Morgan fingerprint density at radius 2 is 1.05 bits per heavy atom. The molecule has 0 atom stereocenters. The average Bonchev–Trinajstić information content (AvgIpc) is 2.90. The fourth-order valence-electron chi connectivity index (χ4n) is 3.18. The van der Waals surface area contributed by atoms with Crippen molar-refractivity contribution < 1.29 is 4.42 Å². The molecule has 0 aliphatic heterocycles. The molecule has 106 valence electrons. The van der Waals surface area contributed by atoms with Gasteiger partial charge >= 0.3 is 0 Å². The van der Waals surface area contributed by atoms with Crippen LogP contribution in [0.2, 0.25) is 0 Å². The zero-order chi connectivity index (χ0) is 13.2. The molecule has 0 bridgehead atoms. The Morgan fingerprint density at radius 1 is 0.684 bits per heavy atom. The lowest BCUT2D eigenvalue weighted by Gasteiger charge is -2.23. The first kappa shape index (κ1) is 13.7. The van der Waals surface area contributed by atoms with Crippen molar-refractivity contribution in [3.63, 3.8) is 0 Å². The second kappa shape index (κ2) is 6.01. The molecule has 0 saturated heterocycles. The average molecular weight is 303 g/mol. The van der Waals surface area contributed by atoms with E-state index in [1.807, 2.05) is 0 Å². The lowest BCUT2D eigenvalue weighted by atomic mass is 9.88. The minimum Gasteiger partial charge on any atom is -0.425 e. The van der Waals surface area contributed by atoms with Crippen molar-refractivity contribution in [1.29, 1.82) is 0 Å². The van der Waals surface area contributed by atoms with E-state index in [-0.39, 0.29) is 0 Å². The van der Waals surface area contributed by atoms with Crippen molar-refractivity contribution in [3.05, 3.63) is 11.8 Å². The van der Waals surface area contributed by atoms with Gasteiger partial charge < -0.3 is 4.42 Å². The third-order valence-electron chi connectivity index (χ3n) is 4.47. The fourth-order valence-corrected chi connectivity index (χ4v) is 3.68.